The normalized spacial score (nSPS) is 11.0. The van der Waals surface area contributed by atoms with E-state index in [9.17, 15) is 9.59 Å². The maximum atomic E-state index is 11.9. The van der Waals surface area contributed by atoms with E-state index < -0.39 is 0 Å². The summed E-state index contributed by atoms with van der Waals surface area (Å²) in [5, 5.41) is 6.55. The third-order valence-electron chi connectivity index (χ3n) is 4.03. The first-order chi connectivity index (χ1) is 13.2. The van der Waals surface area contributed by atoms with Crippen molar-refractivity contribution in [1.29, 1.82) is 0 Å². The number of carbonyl (C=O) groups excluding carboxylic acids is 2. The Hall–Kier alpha value is -2.99. The molecule has 2 amide bonds. The van der Waals surface area contributed by atoms with Crippen LogP contribution in [0.15, 0.2) is 54.6 Å². The number of amides is 2. The average Bonchev–Trinajstić information content (AvgIpc) is 3.12. The third kappa shape index (κ3) is 5.24. The van der Waals surface area contributed by atoms with E-state index >= 15 is 0 Å². The van der Waals surface area contributed by atoms with Gasteiger partial charge in [-0.2, -0.15) is 0 Å². The Morgan fingerprint density at radius 1 is 1.11 bits per heavy atom. The summed E-state index contributed by atoms with van der Waals surface area (Å²) < 4.78 is 1.20. The van der Waals surface area contributed by atoms with E-state index in [1.54, 1.807) is 36.6 Å². The van der Waals surface area contributed by atoms with Crippen LogP contribution in [0.3, 0.4) is 0 Å². The Morgan fingerprint density at radius 3 is 2.63 bits per heavy atom. The Labute approximate surface area is 162 Å². The van der Waals surface area contributed by atoms with E-state index in [-0.39, 0.29) is 11.8 Å². The average molecular weight is 379 g/mol. The highest BCUT2D eigenvalue weighted by atomic mass is 32.1. The molecule has 0 unspecified atom stereocenters. The Bertz CT molecular complexity index is 928. The number of nitrogens with zero attached hydrogens (tertiary/aromatic N) is 1. The molecule has 0 atom stereocenters. The number of para-hydroxylation sites is 1. The fraction of sp³-hybridized carbons (Fsp3) is 0.190. The van der Waals surface area contributed by atoms with E-state index in [0.29, 0.717) is 12.1 Å². The fourth-order valence-electron chi connectivity index (χ4n) is 2.60. The SMILES string of the molecule is CNC(=O)c1ccc(/C=C/C(=O)NCCCc2nc3ccccc3s2)cc1. The Kier molecular flexibility index (Phi) is 6.33. The first-order valence-corrected chi connectivity index (χ1v) is 9.60. The topological polar surface area (TPSA) is 71.1 Å². The predicted molar refractivity (Wildman–Crippen MR) is 110 cm³/mol. The van der Waals surface area contributed by atoms with Crippen molar-refractivity contribution < 1.29 is 9.59 Å². The smallest absolute Gasteiger partial charge is 0.251 e. The first-order valence-electron chi connectivity index (χ1n) is 8.78. The monoisotopic (exact) mass is 379 g/mol. The van der Waals surface area contributed by atoms with Crippen molar-refractivity contribution in [2.24, 2.45) is 0 Å². The van der Waals surface area contributed by atoms with Crippen LogP contribution in [0.25, 0.3) is 16.3 Å². The zero-order chi connectivity index (χ0) is 19.1. The zero-order valence-electron chi connectivity index (χ0n) is 15.1. The highest BCUT2D eigenvalue weighted by Crippen LogP contribution is 2.22. The van der Waals surface area contributed by atoms with E-state index in [1.165, 1.54) is 10.8 Å². The van der Waals surface area contributed by atoms with Crippen LogP contribution in [0.1, 0.15) is 27.3 Å². The molecular formula is C21H21N3O2S. The largest absolute Gasteiger partial charge is 0.355 e. The van der Waals surface area contributed by atoms with Crippen LogP contribution in [-0.4, -0.2) is 30.4 Å². The number of aromatic nitrogens is 1. The number of nitrogens with one attached hydrogen (secondary N) is 2. The lowest BCUT2D eigenvalue weighted by Crippen LogP contribution is -2.22. The van der Waals surface area contributed by atoms with Crippen molar-refractivity contribution in [1.82, 2.24) is 15.6 Å². The van der Waals surface area contributed by atoms with Gasteiger partial charge in [0.25, 0.3) is 5.91 Å². The molecule has 3 aromatic rings. The molecular weight excluding hydrogens is 358 g/mol. The van der Waals surface area contributed by atoms with Crippen LogP contribution in [0.5, 0.6) is 0 Å². The molecule has 6 heteroatoms. The van der Waals surface area contributed by atoms with Gasteiger partial charge in [0.05, 0.1) is 15.2 Å². The lowest BCUT2D eigenvalue weighted by atomic mass is 10.1. The lowest BCUT2D eigenvalue weighted by Gasteiger charge is -2.01. The van der Waals surface area contributed by atoms with E-state index in [2.05, 4.69) is 21.7 Å². The second kappa shape index (κ2) is 9.09. The van der Waals surface area contributed by atoms with Crippen LogP contribution < -0.4 is 10.6 Å². The second-order valence-corrected chi connectivity index (χ2v) is 7.12. The molecule has 0 radical (unpaired) electrons. The molecule has 138 valence electrons. The number of carbonyl (C=O) groups is 2. The van der Waals surface area contributed by atoms with Crippen molar-refractivity contribution >= 4 is 39.4 Å². The maximum absolute atomic E-state index is 11.9. The predicted octanol–water partition coefficient (Wildman–Crippen LogP) is 3.42. The van der Waals surface area contributed by atoms with Crippen molar-refractivity contribution in [2.45, 2.75) is 12.8 Å². The maximum Gasteiger partial charge on any atom is 0.251 e. The summed E-state index contributed by atoms with van der Waals surface area (Å²) in [4.78, 5) is 28.0. The van der Waals surface area contributed by atoms with Gasteiger partial charge in [0.1, 0.15) is 0 Å². The van der Waals surface area contributed by atoms with E-state index in [4.69, 9.17) is 0 Å². The molecule has 0 bridgehead atoms. The van der Waals surface area contributed by atoms with Crippen LogP contribution >= 0.6 is 11.3 Å². The molecule has 1 aromatic heterocycles. The molecule has 3 rings (SSSR count). The molecule has 2 aromatic carbocycles. The van der Waals surface area contributed by atoms with Gasteiger partial charge in [-0.15, -0.1) is 11.3 Å². The summed E-state index contributed by atoms with van der Waals surface area (Å²) in [5.41, 5.74) is 2.49. The molecule has 2 N–H and O–H groups in total. The Morgan fingerprint density at radius 2 is 1.89 bits per heavy atom. The number of thiazole rings is 1. The lowest BCUT2D eigenvalue weighted by molar-refractivity contribution is -0.116. The molecule has 0 fully saturated rings. The number of hydrogen-bond donors (Lipinski definition) is 2. The van der Waals surface area contributed by atoms with E-state index in [0.717, 1.165) is 28.9 Å². The summed E-state index contributed by atoms with van der Waals surface area (Å²) in [7, 11) is 1.59. The van der Waals surface area contributed by atoms with Gasteiger partial charge >= 0.3 is 0 Å². The standard InChI is InChI=1S/C21H21N3O2S/c1-22-21(26)16-11-8-15(9-12-16)10-13-19(25)23-14-4-7-20-24-17-5-2-3-6-18(17)27-20/h2-3,5-6,8-13H,4,7,14H2,1H3,(H,22,26)(H,23,25)/b13-10+. The number of aryl methyl sites for hydroxylation is 1. The van der Waals surface area contributed by atoms with Crippen molar-refractivity contribution in [3.8, 4) is 0 Å². The van der Waals surface area contributed by atoms with Crippen molar-refractivity contribution in [3.63, 3.8) is 0 Å². The molecule has 27 heavy (non-hydrogen) atoms. The van der Waals surface area contributed by atoms with Crippen LogP contribution in [0.2, 0.25) is 0 Å². The summed E-state index contributed by atoms with van der Waals surface area (Å²) in [6.45, 7) is 0.606. The molecule has 0 saturated heterocycles. The van der Waals surface area contributed by atoms with Gasteiger partial charge in [0, 0.05) is 31.7 Å². The molecule has 0 aliphatic rings. The second-order valence-electron chi connectivity index (χ2n) is 6.00. The zero-order valence-corrected chi connectivity index (χ0v) is 15.9. The Balaban J connectivity index is 1.42. The minimum atomic E-state index is -0.130. The van der Waals surface area contributed by atoms with Gasteiger partial charge in [-0.1, -0.05) is 24.3 Å². The van der Waals surface area contributed by atoms with Crippen molar-refractivity contribution in [3.05, 3.63) is 70.7 Å². The number of benzene rings is 2. The summed E-state index contributed by atoms with van der Waals surface area (Å²) in [6.07, 6.45) is 4.94. The molecule has 1 heterocycles. The quantitative estimate of drug-likeness (QED) is 0.488. The van der Waals surface area contributed by atoms with Crippen LogP contribution in [0.4, 0.5) is 0 Å². The minimum absolute atomic E-state index is 0.128. The van der Waals surface area contributed by atoms with Gasteiger partial charge in [-0.25, -0.2) is 4.98 Å². The van der Waals surface area contributed by atoms with E-state index in [1.807, 2.05) is 30.3 Å². The highest BCUT2D eigenvalue weighted by molar-refractivity contribution is 7.18. The van der Waals surface area contributed by atoms with Gasteiger partial charge in [0.15, 0.2) is 0 Å². The molecule has 0 aliphatic heterocycles. The van der Waals surface area contributed by atoms with Crippen LogP contribution in [0, 0.1) is 0 Å². The highest BCUT2D eigenvalue weighted by Gasteiger charge is 2.04. The molecule has 5 nitrogen and oxygen atoms in total. The summed E-state index contributed by atoms with van der Waals surface area (Å²) in [5.74, 6) is -0.258. The number of rotatable bonds is 7. The number of fused-ring (bicyclic) bond motifs is 1. The third-order valence-corrected chi connectivity index (χ3v) is 5.13. The molecule has 0 spiro atoms. The number of hydrogen-bond acceptors (Lipinski definition) is 4. The van der Waals surface area contributed by atoms with Gasteiger partial charge in [-0.3, -0.25) is 9.59 Å². The first kappa shape index (κ1) is 18.8. The van der Waals surface area contributed by atoms with Gasteiger partial charge in [-0.05, 0) is 42.3 Å². The van der Waals surface area contributed by atoms with Gasteiger partial charge < -0.3 is 10.6 Å². The minimum Gasteiger partial charge on any atom is -0.355 e. The van der Waals surface area contributed by atoms with Crippen LogP contribution in [-0.2, 0) is 11.2 Å². The van der Waals surface area contributed by atoms with Gasteiger partial charge in [0.2, 0.25) is 5.91 Å². The molecule has 0 saturated carbocycles. The molecule has 0 aliphatic carbocycles. The van der Waals surface area contributed by atoms with Crippen molar-refractivity contribution in [2.75, 3.05) is 13.6 Å². The fourth-order valence-corrected chi connectivity index (χ4v) is 3.61. The summed E-state index contributed by atoms with van der Waals surface area (Å²) in [6, 6.07) is 15.2. The summed E-state index contributed by atoms with van der Waals surface area (Å²) >= 11 is 1.70.